The minimum absolute atomic E-state index is 0.344. The van der Waals surface area contributed by atoms with Gasteiger partial charge in [0, 0.05) is 25.7 Å². The summed E-state index contributed by atoms with van der Waals surface area (Å²) in [5.41, 5.74) is -0.344. The first kappa shape index (κ1) is 17.4. The Kier molecular flexibility index (Phi) is 7.50. The van der Waals surface area contributed by atoms with Gasteiger partial charge in [0.15, 0.2) is 0 Å². The van der Waals surface area contributed by atoms with Crippen LogP contribution in [0.2, 0.25) is 0 Å². The number of hydrogen-bond donors (Lipinski definition) is 1. The Bertz CT molecular complexity index is 312. The van der Waals surface area contributed by atoms with Crippen molar-refractivity contribution < 1.29 is 0 Å². The van der Waals surface area contributed by atoms with E-state index >= 15 is 0 Å². The number of likely N-dealkylation sites (N-methyl/N-ethyl adjacent to an activating group) is 1. The van der Waals surface area contributed by atoms with Gasteiger partial charge in [-0.05, 0) is 59.7 Å². The van der Waals surface area contributed by atoms with E-state index in [0.29, 0.717) is 6.04 Å². The molecule has 0 spiro atoms. The Balaban J connectivity index is 2.22. The molecule has 1 N–H and O–H groups in total. The summed E-state index contributed by atoms with van der Waals surface area (Å²) in [6.45, 7) is 12.1. The third kappa shape index (κ3) is 5.78. The van der Waals surface area contributed by atoms with Crippen LogP contribution in [0, 0.1) is 11.3 Å². The Hall–Kier alpha value is -0.630. The van der Waals surface area contributed by atoms with Crippen LogP contribution >= 0.6 is 0 Å². The maximum Gasteiger partial charge on any atom is 0.103 e. The normalized spacial score (nSPS) is 24.2. The number of piperazine rings is 1. The molecular formula is C16H32N4. The minimum atomic E-state index is -0.344. The maximum atomic E-state index is 9.30. The summed E-state index contributed by atoms with van der Waals surface area (Å²) in [6.07, 6.45) is 4.35. The van der Waals surface area contributed by atoms with Crippen molar-refractivity contribution in [1.82, 2.24) is 15.1 Å². The second-order valence-electron chi connectivity index (χ2n) is 6.48. The molecular weight excluding hydrogens is 248 g/mol. The number of rotatable bonds is 8. The molecule has 2 atom stereocenters. The van der Waals surface area contributed by atoms with E-state index in [1.54, 1.807) is 0 Å². The van der Waals surface area contributed by atoms with Crippen molar-refractivity contribution in [3.8, 4) is 6.07 Å². The molecule has 0 aromatic carbocycles. The smallest absolute Gasteiger partial charge is 0.103 e. The van der Waals surface area contributed by atoms with E-state index in [4.69, 9.17) is 0 Å². The standard InChI is InChI=1S/C16H32N4/c1-5-9-18-16(3,14-17)8-6-7-10-20-12-11-19(4)13-15(20)2/h15,18H,5-13H2,1-4H3. The van der Waals surface area contributed by atoms with Crippen molar-refractivity contribution in [3.63, 3.8) is 0 Å². The van der Waals surface area contributed by atoms with Crippen LogP contribution in [0.5, 0.6) is 0 Å². The second-order valence-corrected chi connectivity index (χ2v) is 6.48. The zero-order valence-electron chi connectivity index (χ0n) is 13.8. The van der Waals surface area contributed by atoms with Crippen LogP contribution in [0.25, 0.3) is 0 Å². The largest absolute Gasteiger partial charge is 0.304 e. The van der Waals surface area contributed by atoms with Crippen molar-refractivity contribution >= 4 is 0 Å². The maximum absolute atomic E-state index is 9.30. The van der Waals surface area contributed by atoms with Crippen LogP contribution in [-0.2, 0) is 0 Å². The van der Waals surface area contributed by atoms with Gasteiger partial charge in [-0.25, -0.2) is 0 Å². The lowest BCUT2D eigenvalue weighted by Gasteiger charge is -2.38. The van der Waals surface area contributed by atoms with Gasteiger partial charge in [0.2, 0.25) is 0 Å². The van der Waals surface area contributed by atoms with Gasteiger partial charge in [0.1, 0.15) is 5.54 Å². The van der Waals surface area contributed by atoms with E-state index < -0.39 is 0 Å². The van der Waals surface area contributed by atoms with Crippen molar-refractivity contribution in [2.24, 2.45) is 0 Å². The molecule has 0 radical (unpaired) electrons. The highest BCUT2D eigenvalue weighted by Gasteiger charge is 2.23. The zero-order chi connectivity index (χ0) is 15.0. The summed E-state index contributed by atoms with van der Waals surface area (Å²) >= 11 is 0. The lowest BCUT2D eigenvalue weighted by molar-refractivity contribution is 0.0980. The van der Waals surface area contributed by atoms with Crippen molar-refractivity contribution in [3.05, 3.63) is 0 Å². The summed E-state index contributed by atoms with van der Waals surface area (Å²) in [6, 6.07) is 3.10. The van der Waals surface area contributed by atoms with Gasteiger partial charge in [-0.15, -0.1) is 0 Å². The topological polar surface area (TPSA) is 42.3 Å². The van der Waals surface area contributed by atoms with Crippen LogP contribution in [0.1, 0.15) is 46.5 Å². The molecule has 1 heterocycles. The first-order valence-corrected chi connectivity index (χ1v) is 8.09. The fraction of sp³-hybridized carbons (Fsp3) is 0.938. The van der Waals surface area contributed by atoms with E-state index in [1.165, 1.54) is 32.6 Å². The highest BCUT2D eigenvalue weighted by Crippen LogP contribution is 2.15. The molecule has 2 unspecified atom stereocenters. The quantitative estimate of drug-likeness (QED) is 0.691. The molecule has 1 aliphatic rings. The summed E-state index contributed by atoms with van der Waals surface area (Å²) in [4.78, 5) is 4.99. The van der Waals surface area contributed by atoms with Crippen LogP contribution in [0.15, 0.2) is 0 Å². The summed E-state index contributed by atoms with van der Waals surface area (Å²) < 4.78 is 0. The van der Waals surface area contributed by atoms with Gasteiger partial charge in [0.25, 0.3) is 0 Å². The predicted octanol–water partition coefficient (Wildman–Crippen LogP) is 2.07. The molecule has 1 aliphatic heterocycles. The average molecular weight is 280 g/mol. The van der Waals surface area contributed by atoms with E-state index in [-0.39, 0.29) is 5.54 Å². The van der Waals surface area contributed by atoms with Gasteiger partial charge in [-0.1, -0.05) is 6.92 Å². The zero-order valence-corrected chi connectivity index (χ0v) is 13.8. The average Bonchev–Trinajstić information content (AvgIpc) is 2.43. The third-order valence-corrected chi connectivity index (χ3v) is 4.35. The first-order valence-electron chi connectivity index (χ1n) is 8.09. The van der Waals surface area contributed by atoms with Crippen LogP contribution in [-0.4, -0.2) is 61.2 Å². The Labute approximate surface area is 125 Å². The molecule has 0 aliphatic carbocycles. The summed E-state index contributed by atoms with van der Waals surface area (Å²) in [5.74, 6) is 0. The second kappa shape index (κ2) is 8.61. The summed E-state index contributed by atoms with van der Waals surface area (Å²) in [5, 5.41) is 12.7. The Morgan fingerprint density at radius 3 is 2.70 bits per heavy atom. The molecule has 0 saturated carbocycles. The number of nitrogens with one attached hydrogen (secondary N) is 1. The van der Waals surface area contributed by atoms with Crippen molar-refractivity contribution in [1.29, 1.82) is 5.26 Å². The molecule has 1 saturated heterocycles. The molecule has 1 fully saturated rings. The van der Waals surface area contributed by atoms with Gasteiger partial charge in [-0.2, -0.15) is 5.26 Å². The van der Waals surface area contributed by atoms with E-state index in [2.05, 4.69) is 42.1 Å². The molecule has 0 bridgehead atoms. The van der Waals surface area contributed by atoms with Crippen molar-refractivity contribution in [2.75, 3.05) is 39.8 Å². The molecule has 116 valence electrons. The Morgan fingerprint density at radius 1 is 1.35 bits per heavy atom. The monoisotopic (exact) mass is 280 g/mol. The fourth-order valence-electron chi connectivity index (χ4n) is 2.89. The van der Waals surface area contributed by atoms with Crippen LogP contribution in [0.4, 0.5) is 0 Å². The van der Waals surface area contributed by atoms with Gasteiger partial charge < -0.3 is 4.90 Å². The van der Waals surface area contributed by atoms with Gasteiger partial charge in [0.05, 0.1) is 6.07 Å². The molecule has 1 rings (SSSR count). The van der Waals surface area contributed by atoms with Crippen molar-refractivity contribution in [2.45, 2.75) is 58.0 Å². The SMILES string of the molecule is CCCNC(C)(C#N)CCCCN1CCN(C)CC1C. The highest BCUT2D eigenvalue weighted by molar-refractivity contribution is 5.03. The molecule has 0 amide bonds. The number of nitriles is 1. The molecule has 0 aromatic rings. The van der Waals surface area contributed by atoms with E-state index in [1.807, 2.05) is 6.92 Å². The number of unbranched alkanes of at least 4 members (excludes halogenated alkanes) is 1. The third-order valence-electron chi connectivity index (χ3n) is 4.35. The molecule has 4 nitrogen and oxygen atoms in total. The van der Waals surface area contributed by atoms with Gasteiger partial charge >= 0.3 is 0 Å². The minimum Gasteiger partial charge on any atom is -0.304 e. The molecule has 20 heavy (non-hydrogen) atoms. The lowest BCUT2D eigenvalue weighted by Crippen LogP contribution is -2.50. The van der Waals surface area contributed by atoms with Crippen LogP contribution in [0.3, 0.4) is 0 Å². The Morgan fingerprint density at radius 2 is 2.10 bits per heavy atom. The number of nitrogens with zero attached hydrogens (tertiary/aromatic N) is 3. The predicted molar refractivity (Wildman–Crippen MR) is 84.7 cm³/mol. The van der Waals surface area contributed by atoms with Crippen LogP contribution < -0.4 is 5.32 Å². The lowest BCUT2D eigenvalue weighted by atomic mass is 9.96. The number of hydrogen-bond acceptors (Lipinski definition) is 4. The fourth-order valence-corrected chi connectivity index (χ4v) is 2.89. The first-order chi connectivity index (χ1) is 9.50. The molecule has 0 aromatic heterocycles. The molecule has 4 heteroatoms. The van der Waals surface area contributed by atoms with E-state index in [9.17, 15) is 5.26 Å². The summed E-state index contributed by atoms with van der Waals surface area (Å²) in [7, 11) is 2.20. The highest BCUT2D eigenvalue weighted by atomic mass is 15.3. The van der Waals surface area contributed by atoms with E-state index in [0.717, 1.165) is 25.8 Å². The van der Waals surface area contributed by atoms with Gasteiger partial charge in [-0.3, -0.25) is 10.2 Å².